The van der Waals surface area contributed by atoms with E-state index in [9.17, 15) is 9.90 Å². The molecule has 2 N–H and O–H groups in total. The second kappa shape index (κ2) is 4.58. The molecular formula is C15H13ClN2O2. The van der Waals surface area contributed by atoms with Crippen molar-refractivity contribution in [1.82, 2.24) is 4.98 Å². The van der Waals surface area contributed by atoms with Crippen LogP contribution in [0.15, 0.2) is 36.4 Å². The van der Waals surface area contributed by atoms with Crippen LogP contribution in [0.2, 0.25) is 5.02 Å². The number of hydrogen-bond acceptors (Lipinski definition) is 3. The summed E-state index contributed by atoms with van der Waals surface area (Å²) in [5.41, 5.74) is 0.972. The Kier molecular flexibility index (Phi) is 3.00. The quantitative estimate of drug-likeness (QED) is 0.892. The van der Waals surface area contributed by atoms with Crippen molar-refractivity contribution < 1.29 is 9.90 Å². The number of carbonyl (C=O) groups is 1. The van der Waals surface area contributed by atoms with Gasteiger partial charge in [-0.2, -0.15) is 0 Å². The molecule has 20 heavy (non-hydrogen) atoms. The van der Waals surface area contributed by atoms with E-state index in [-0.39, 0.29) is 6.42 Å². The number of nitrogens with zero attached hydrogens (tertiary/aromatic N) is 1. The molecule has 1 unspecified atom stereocenters. The highest BCUT2D eigenvalue weighted by molar-refractivity contribution is 6.31. The normalized spacial score (nSPS) is 20.6. The molecule has 2 aromatic rings. The Balaban J connectivity index is 2.04. The van der Waals surface area contributed by atoms with Gasteiger partial charge in [0.15, 0.2) is 5.60 Å². The van der Waals surface area contributed by atoms with E-state index in [2.05, 4.69) is 10.3 Å². The van der Waals surface area contributed by atoms with Gasteiger partial charge in [-0.05, 0) is 37.3 Å². The number of halogens is 1. The van der Waals surface area contributed by atoms with E-state index in [0.29, 0.717) is 22.0 Å². The fourth-order valence-electron chi connectivity index (χ4n) is 2.45. The van der Waals surface area contributed by atoms with Crippen molar-refractivity contribution in [1.29, 1.82) is 0 Å². The summed E-state index contributed by atoms with van der Waals surface area (Å²) in [6.07, 6.45) is 0.119. The maximum absolute atomic E-state index is 12.1. The third kappa shape index (κ3) is 2.07. The van der Waals surface area contributed by atoms with E-state index in [1.807, 2.05) is 19.1 Å². The molecule has 0 spiro atoms. The summed E-state index contributed by atoms with van der Waals surface area (Å²) in [6, 6.07) is 10.5. The van der Waals surface area contributed by atoms with Crippen LogP contribution >= 0.6 is 11.6 Å². The monoisotopic (exact) mass is 288 g/mol. The second-order valence-corrected chi connectivity index (χ2v) is 5.39. The average Bonchev–Trinajstić information content (AvgIpc) is 2.62. The lowest BCUT2D eigenvalue weighted by Gasteiger charge is -2.20. The zero-order valence-electron chi connectivity index (χ0n) is 10.9. The highest BCUT2D eigenvalue weighted by atomic mass is 35.5. The largest absolute Gasteiger partial charge is 0.375 e. The average molecular weight is 289 g/mol. The zero-order valence-corrected chi connectivity index (χ0v) is 11.6. The third-order valence-electron chi connectivity index (χ3n) is 3.43. The first-order valence-corrected chi connectivity index (χ1v) is 6.63. The van der Waals surface area contributed by atoms with E-state index >= 15 is 0 Å². The topological polar surface area (TPSA) is 62.2 Å². The Morgan fingerprint density at radius 3 is 2.90 bits per heavy atom. The van der Waals surface area contributed by atoms with Crippen LogP contribution < -0.4 is 5.32 Å². The Morgan fingerprint density at radius 1 is 1.35 bits per heavy atom. The van der Waals surface area contributed by atoms with Crippen molar-refractivity contribution in [2.24, 2.45) is 0 Å². The maximum Gasteiger partial charge on any atom is 0.261 e. The number of aromatic nitrogens is 1. The van der Waals surface area contributed by atoms with Gasteiger partial charge in [0.25, 0.3) is 5.91 Å². The summed E-state index contributed by atoms with van der Waals surface area (Å²) in [5, 5.41) is 13.9. The summed E-state index contributed by atoms with van der Waals surface area (Å²) >= 11 is 5.96. The van der Waals surface area contributed by atoms with Crippen molar-refractivity contribution in [3.63, 3.8) is 0 Å². The maximum atomic E-state index is 12.1. The lowest BCUT2D eigenvalue weighted by atomic mass is 9.90. The minimum absolute atomic E-state index is 0.119. The van der Waals surface area contributed by atoms with Gasteiger partial charge in [-0.3, -0.25) is 9.78 Å². The Labute approximate surface area is 121 Å². The highest BCUT2D eigenvalue weighted by Crippen LogP contribution is 2.39. The van der Waals surface area contributed by atoms with E-state index in [0.717, 1.165) is 5.69 Å². The van der Waals surface area contributed by atoms with Crippen LogP contribution in [0.5, 0.6) is 0 Å². The number of aryl methyl sites for hydroxylation is 1. The Bertz CT molecular complexity index is 702. The van der Waals surface area contributed by atoms with Gasteiger partial charge in [0.2, 0.25) is 0 Å². The molecule has 0 saturated heterocycles. The first-order valence-electron chi connectivity index (χ1n) is 6.25. The van der Waals surface area contributed by atoms with Gasteiger partial charge in [-0.25, -0.2) is 0 Å². The predicted molar refractivity (Wildman–Crippen MR) is 76.7 cm³/mol. The molecule has 0 saturated carbocycles. The standard InChI is InChI=1S/C15H13ClN2O2/c1-9-3-2-4-11(17-9)8-15(20)12-7-10(16)5-6-13(12)18-14(15)19/h2-7,20H,8H2,1H3,(H,18,19). The number of fused-ring (bicyclic) bond motifs is 1. The number of carbonyl (C=O) groups excluding carboxylic acids is 1. The van der Waals surface area contributed by atoms with Crippen molar-refractivity contribution in [3.8, 4) is 0 Å². The number of rotatable bonds is 2. The van der Waals surface area contributed by atoms with E-state index < -0.39 is 11.5 Å². The van der Waals surface area contributed by atoms with E-state index in [4.69, 9.17) is 11.6 Å². The fourth-order valence-corrected chi connectivity index (χ4v) is 2.62. The summed E-state index contributed by atoms with van der Waals surface area (Å²) in [4.78, 5) is 16.5. The third-order valence-corrected chi connectivity index (χ3v) is 3.67. The van der Waals surface area contributed by atoms with Crippen LogP contribution in [-0.4, -0.2) is 16.0 Å². The number of benzene rings is 1. The van der Waals surface area contributed by atoms with Crippen LogP contribution in [0, 0.1) is 6.92 Å². The molecule has 0 fully saturated rings. The molecule has 0 aliphatic carbocycles. The fraction of sp³-hybridized carbons (Fsp3) is 0.200. The minimum Gasteiger partial charge on any atom is -0.375 e. The predicted octanol–water partition coefficient (Wildman–Crippen LogP) is 2.43. The SMILES string of the molecule is Cc1cccc(CC2(O)C(=O)Nc3ccc(Cl)cc32)n1. The number of anilines is 1. The first kappa shape index (κ1) is 13.1. The van der Waals surface area contributed by atoms with Gasteiger partial charge in [0.05, 0.1) is 0 Å². The second-order valence-electron chi connectivity index (χ2n) is 4.95. The van der Waals surface area contributed by atoms with Crippen LogP contribution in [-0.2, 0) is 16.8 Å². The molecule has 4 nitrogen and oxygen atoms in total. The van der Waals surface area contributed by atoms with Gasteiger partial charge in [-0.15, -0.1) is 0 Å². The van der Waals surface area contributed by atoms with E-state index in [1.165, 1.54) is 0 Å². The molecule has 1 atom stereocenters. The zero-order chi connectivity index (χ0) is 14.3. The van der Waals surface area contributed by atoms with Crippen molar-refractivity contribution in [2.45, 2.75) is 18.9 Å². The molecule has 2 heterocycles. The molecular weight excluding hydrogens is 276 g/mol. The number of nitrogens with one attached hydrogen (secondary N) is 1. The van der Waals surface area contributed by atoms with Crippen molar-refractivity contribution in [2.75, 3.05) is 5.32 Å². The van der Waals surface area contributed by atoms with Gasteiger partial charge in [-0.1, -0.05) is 17.7 Å². The molecule has 1 aliphatic heterocycles. The van der Waals surface area contributed by atoms with E-state index in [1.54, 1.807) is 24.3 Å². The molecule has 3 rings (SSSR count). The lowest BCUT2D eigenvalue weighted by Crippen LogP contribution is -2.36. The smallest absolute Gasteiger partial charge is 0.261 e. The molecule has 0 bridgehead atoms. The lowest BCUT2D eigenvalue weighted by molar-refractivity contribution is -0.133. The summed E-state index contributed by atoms with van der Waals surface area (Å²) in [7, 11) is 0. The Hall–Kier alpha value is -1.91. The van der Waals surface area contributed by atoms with Gasteiger partial charge in [0.1, 0.15) is 0 Å². The van der Waals surface area contributed by atoms with Crippen molar-refractivity contribution >= 4 is 23.2 Å². The Morgan fingerprint density at radius 2 is 2.15 bits per heavy atom. The van der Waals surface area contributed by atoms with Crippen LogP contribution in [0.3, 0.4) is 0 Å². The molecule has 1 aliphatic rings. The first-order chi connectivity index (χ1) is 9.49. The molecule has 102 valence electrons. The molecule has 1 aromatic carbocycles. The molecule has 1 amide bonds. The summed E-state index contributed by atoms with van der Waals surface area (Å²) < 4.78 is 0. The highest BCUT2D eigenvalue weighted by Gasteiger charge is 2.45. The van der Waals surface area contributed by atoms with Gasteiger partial charge in [0, 0.05) is 34.1 Å². The summed E-state index contributed by atoms with van der Waals surface area (Å²) in [6.45, 7) is 1.87. The summed E-state index contributed by atoms with van der Waals surface area (Å²) in [5.74, 6) is -0.446. The number of pyridine rings is 1. The van der Waals surface area contributed by atoms with Crippen molar-refractivity contribution in [3.05, 3.63) is 58.4 Å². The molecule has 0 radical (unpaired) electrons. The minimum atomic E-state index is -1.62. The molecule has 5 heteroatoms. The molecule has 1 aromatic heterocycles. The van der Waals surface area contributed by atoms with Gasteiger partial charge >= 0.3 is 0 Å². The number of amides is 1. The van der Waals surface area contributed by atoms with Crippen LogP contribution in [0.25, 0.3) is 0 Å². The number of aliphatic hydroxyl groups is 1. The number of hydrogen-bond donors (Lipinski definition) is 2. The van der Waals surface area contributed by atoms with Gasteiger partial charge < -0.3 is 10.4 Å². The van der Waals surface area contributed by atoms with Crippen LogP contribution in [0.1, 0.15) is 17.0 Å². The van der Waals surface area contributed by atoms with Crippen LogP contribution in [0.4, 0.5) is 5.69 Å².